The number of hydrogen-bond acceptors (Lipinski definition) is 13. The number of nitrogens with zero attached hydrogens (tertiary/aromatic N) is 6. The van der Waals surface area contributed by atoms with Gasteiger partial charge in [0, 0.05) is 63.4 Å². The lowest BCUT2D eigenvalue weighted by Gasteiger charge is -2.32. The summed E-state index contributed by atoms with van der Waals surface area (Å²) in [6.45, 7) is -0.0883. The monoisotopic (exact) mass is 874 g/mol. The topological polar surface area (TPSA) is 216 Å². The van der Waals surface area contributed by atoms with Crippen molar-refractivity contribution >= 4 is 70.2 Å². The third-order valence-electron chi connectivity index (χ3n) is 12.2. The maximum Gasteiger partial charge on any atom is 0.342 e. The smallest absolute Gasteiger partial charge is 0.342 e. The van der Waals surface area contributed by atoms with Crippen LogP contribution >= 0.6 is 0 Å². The number of methoxy groups -OCH3 is 1. The van der Waals surface area contributed by atoms with Crippen molar-refractivity contribution in [3.63, 3.8) is 0 Å². The quantitative estimate of drug-likeness (QED) is 0.204. The van der Waals surface area contributed by atoms with E-state index in [1.165, 1.54) is 37.4 Å². The highest BCUT2D eigenvalue weighted by atomic mass is 19.3. The Kier molecular flexibility index (Phi) is 11.7. The molecule has 21 heteroatoms. The van der Waals surface area contributed by atoms with Gasteiger partial charge < -0.3 is 35.4 Å². The van der Waals surface area contributed by atoms with E-state index in [1.54, 1.807) is 17.0 Å². The predicted octanol–water partition coefficient (Wildman–Crippen LogP) is 3.35. The third-order valence-corrected chi connectivity index (χ3v) is 12.2. The number of carbonyl (C=O) groups is 7. The van der Waals surface area contributed by atoms with Crippen molar-refractivity contribution in [2.24, 2.45) is 0 Å². The second-order valence-electron chi connectivity index (χ2n) is 16.2. The molecule has 0 bridgehead atoms. The van der Waals surface area contributed by atoms with Gasteiger partial charge in [-0.2, -0.15) is 13.8 Å². The maximum atomic E-state index is 15.6. The fourth-order valence-corrected chi connectivity index (χ4v) is 8.88. The number of fused-ring (bicyclic) bond motifs is 2. The largest absolute Gasteiger partial charge is 0.495 e. The molecule has 1 atom stereocenters. The van der Waals surface area contributed by atoms with Crippen LogP contribution in [0.4, 0.5) is 42.0 Å². The van der Waals surface area contributed by atoms with E-state index in [0.717, 1.165) is 28.7 Å². The summed E-state index contributed by atoms with van der Waals surface area (Å²) in [5.41, 5.74) is 0.410. The number of piperidine rings is 2. The van der Waals surface area contributed by atoms with Crippen LogP contribution < -0.4 is 35.8 Å². The molecule has 2 saturated heterocycles. The number of likely N-dealkylation sites (tertiary alicyclic amines) is 1. The molecule has 7 amide bonds. The summed E-state index contributed by atoms with van der Waals surface area (Å²) in [5, 5.41) is 11.0. The Morgan fingerprint density at radius 2 is 1.73 bits per heavy atom. The predicted molar refractivity (Wildman–Crippen MR) is 220 cm³/mol. The van der Waals surface area contributed by atoms with Crippen molar-refractivity contribution in [3.05, 3.63) is 59.0 Å². The van der Waals surface area contributed by atoms with Crippen molar-refractivity contribution in [3.8, 4) is 5.75 Å². The van der Waals surface area contributed by atoms with E-state index in [0.29, 0.717) is 44.5 Å². The first-order chi connectivity index (χ1) is 30.1. The first-order valence-electron chi connectivity index (χ1n) is 20.8. The molecule has 2 aromatic carbocycles. The summed E-state index contributed by atoms with van der Waals surface area (Å²) in [4.78, 5) is 103. The second-order valence-corrected chi connectivity index (χ2v) is 16.2. The molecule has 5 heterocycles. The van der Waals surface area contributed by atoms with Crippen LogP contribution in [0, 0.1) is 5.82 Å². The first-order valence-corrected chi connectivity index (χ1v) is 20.8. The zero-order valence-corrected chi connectivity index (χ0v) is 34.5. The SMILES string of the molecule is COc1cc(C(=O)NC2CCN(C(=O)CCNc3cccc4c3C(=O)N(C3CCC(=O)NC3=O)C4=O)CC2)c(F)cc1Nc1ncc2c(n1)N(C1CCCC1)CC(F)(F)C(=O)N2C. The van der Waals surface area contributed by atoms with E-state index in [1.807, 2.05) is 0 Å². The molecule has 5 aliphatic rings. The lowest BCUT2D eigenvalue weighted by Crippen LogP contribution is -2.54. The number of rotatable bonds is 11. The van der Waals surface area contributed by atoms with Crippen LogP contribution in [0.5, 0.6) is 5.75 Å². The second kappa shape index (κ2) is 17.2. The van der Waals surface area contributed by atoms with Gasteiger partial charge >= 0.3 is 5.92 Å². The Morgan fingerprint density at radius 3 is 2.44 bits per heavy atom. The highest BCUT2D eigenvalue weighted by Gasteiger charge is 2.49. The molecule has 4 N–H and O–H groups in total. The van der Waals surface area contributed by atoms with Crippen LogP contribution in [0.25, 0.3) is 0 Å². The molecule has 3 aromatic rings. The van der Waals surface area contributed by atoms with Gasteiger partial charge in [-0.1, -0.05) is 18.9 Å². The Bertz CT molecular complexity index is 2400. The van der Waals surface area contributed by atoms with Crippen LogP contribution in [0.1, 0.15) is 88.9 Å². The minimum Gasteiger partial charge on any atom is -0.495 e. The number of anilines is 5. The number of carbonyl (C=O) groups excluding carboxylic acids is 7. The molecule has 8 rings (SSSR count). The Morgan fingerprint density at radius 1 is 0.984 bits per heavy atom. The summed E-state index contributed by atoms with van der Waals surface area (Å²) in [5.74, 6) is -9.14. The van der Waals surface area contributed by atoms with Crippen LogP contribution in [0.15, 0.2) is 36.5 Å². The average molecular weight is 875 g/mol. The molecule has 0 radical (unpaired) electrons. The highest BCUT2D eigenvalue weighted by Crippen LogP contribution is 2.40. The molecule has 0 spiro atoms. The van der Waals surface area contributed by atoms with Gasteiger partial charge in [0.05, 0.1) is 42.2 Å². The minimum atomic E-state index is -3.66. The zero-order valence-electron chi connectivity index (χ0n) is 34.5. The van der Waals surface area contributed by atoms with Crippen LogP contribution in [0.3, 0.4) is 0 Å². The van der Waals surface area contributed by atoms with E-state index < -0.39 is 59.8 Å². The minimum absolute atomic E-state index is 0.00265. The molecular formula is C42H45F3N10O8. The van der Waals surface area contributed by atoms with Crippen molar-refractivity contribution in [2.75, 3.05) is 60.8 Å². The molecule has 1 aliphatic carbocycles. The van der Waals surface area contributed by atoms with Gasteiger partial charge in [-0.3, -0.25) is 43.8 Å². The van der Waals surface area contributed by atoms with E-state index >= 15 is 13.2 Å². The lowest BCUT2D eigenvalue weighted by atomic mass is 10.0. The van der Waals surface area contributed by atoms with Crippen LogP contribution in [-0.2, 0) is 19.2 Å². The number of alkyl halides is 2. The van der Waals surface area contributed by atoms with Crippen LogP contribution in [-0.4, -0.2) is 126 Å². The van der Waals surface area contributed by atoms with Gasteiger partial charge in [0.2, 0.25) is 23.7 Å². The molecule has 3 fully saturated rings. The van der Waals surface area contributed by atoms with E-state index in [4.69, 9.17) is 4.74 Å². The molecule has 18 nitrogen and oxygen atoms in total. The van der Waals surface area contributed by atoms with Gasteiger partial charge in [0.1, 0.15) is 23.3 Å². The number of hydrogen-bond donors (Lipinski definition) is 4. The van der Waals surface area contributed by atoms with Gasteiger partial charge in [-0.15, -0.1) is 0 Å². The van der Waals surface area contributed by atoms with Gasteiger partial charge in [0.25, 0.3) is 23.6 Å². The molecule has 1 unspecified atom stereocenters. The Balaban J connectivity index is 0.857. The molecule has 1 aromatic heterocycles. The summed E-state index contributed by atoms with van der Waals surface area (Å²) < 4.78 is 51.2. The van der Waals surface area contributed by atoms with Crippen molar-refractivity contribution in [2.45, 2.75) is 81.8 Å². The summed E-state index contributed by atoms with van der Waals surface area (Å²) in [6.07, 6.45) is 5.13. The molecule has 4 aliphatic heterocycles. The number of amides is 7. The number of aromatic nitrogens is 2. The van der Waals surface area contributed by atoms with Crippen molar-refractivity contribution in [1.29, 1.82) is 0 Å². The van der Waals surface area contributed by atoms with Gasteiger partial charge in [-0.25, -0.2) is 9.37 Å². The number of imide groups is 2. The summed E-state index contributed by atoms with van der Waals surface area (Å²) >= 11 is 0. The fourth-order valence-electron chi connectivity index (χ4n) is 8.88. The highest BCUT2D eigenvalue weighted by molar-refractivity contribution is 6.25. The lowest BCUT2D eigenvalue weighted by molar-refractivity contribution is -0.140. The molecule has 1 saturated carbocycles. The number of halogens is 3. The van der Waals surface area contributed by atoms with Crippen molar-refractivity contribution < 1.29 is 51.5 Å². The van der Waals surface area contributed by atoms with Gasteiger partial charge in [0.15, 0.2) is 5.82 Å². The average Bonchev–Trinajstić information content (AvgIpc) is 3.87. The van der Waals surface area contributed by atoms with Gasteiger partial charge in [-0.05, 0) is 50.3 Å². The Hall–Kier alpha value is -6.80. The normalized spacial score (nSPS) is 20.3. The first kappa shape index (κ1) is 42.9. The number of nitrogens with one attached hydrogen (secondary N) is 4. The number of benzene rings is 2. The van der Waals surface area contributed by atoms with Crippen molar-refractivity contribution in [1.82, 2.24) is 30.4 Å². The number of ether oxygens (including phenoxy) is 1. The maximum absolute atomic E-state index is 15.6. The van der Waals surface area contributed by atoms with E-state index in [9.17, 15) is 33.6 Å². The summed E-state index contributed by atoms with van der Waals surface area (Å²) in [7, 11) is 2.57. The fraction of sp³-hybridized carbons (Fsp3) is 0.452. The molecular weight excluding hydrogens is 830 g/mol. The van der Waals surface area contributed by atoms with Crippen LogP contribution in [0.2, 0.25) is 0 Å². The van der Waals surface area contributed by atoms with E-state index in [2.05, 4.69) is 31.2 Å². The molecule has 332 valence electrons. The molecule has 63 heavy (non-hydrogen) atoms. The standard InChI is InChI=1S/C42H45F3N10O8/c1-52-30-20-47-41(51-35(30)54(23-6-3-4-7-23)21-42(44,45)40(52)62)49-28-19-26(43)25(18-31(28)63-2)36(58)48-22-13-16-53(17-14-22)33(57)12-15-46-27-9-5-8-24-34(27)39(61)55(38(24)60)29-10-11-32(56)50-37(29)59/h5,8-9,18-20,22-23,29,46H,3-4,6-7,10-17,21H2,1-2H3,(H,48,58)(H,47,49,51)(H,50,56,59). The Labute approximate surface area is 358 Å². The van der Waals surface area contributed by atoms with E-state index in [-0.39, 0.29) is 89.4 Å². The third kappa shape index (κ3) is 8.30. The summed E-state index contributed by atoms with van der Waals surface area (Å²) in [6, 6.07) is 5.19. The zero-order chi connectivity index (χ0) is 44.7.